The van der Waals surface area contributed by atoms with Crippen LogP contribution < -0.4 is 10.1 Å². The molecule has 0 bridgehead atoms. The van der Waals surface area contributed by atoms with Crippen LogP contribution in [0.3, 0.4) is 0 Å². The van der Waals surface area contributed by atoms with Crippen LogP contribution in [-0.4, -0.2) is 15.2 Å². The number of fused-ring (bicyclic) bond motifs is 3. The number of nitrogens with one attached hydrogen (secondary N) is 1. The molecule has 4 aromatic rings. The van der Waals surface area contributed by atoms with Gasteiger partial charge in [0.05, 0.1) is 6.26 Å². The lowest BCUT2D eigenvalue weighted by molar-refractivity contribution is 0.195. The number of benzene rings is 2. The fraction of sp³-hybridized carbons (Fsp3) is 0.0952. The third-order valence-electron chi connectivity index (χ3n) is 4.35. The molecule has 0 fully saturated rings. The molecule has 138 valence electrons. The minimum absolute atomic E-state index is 0.435. The van der Waals surface area contributed by atoms with Crippen LogP contribution in [0.25, 0.3) is 11.3 Å². The maximum Gasteiger partial charge on any atom is 0.247 e. The fourth-order valence-electron chi connectivity index (χ4n) is 3.00. The number of hydrogen-bond acceptors (Lipinski definition) is 7. The number of anilines is 1. The van der Waals surface area contributed by atoms with Crippen molar-refractivity contribution in [2.45, 2.75) is 17.1 Å². The molecule has 0 saturated heterocycles. The second kappa shape index (κ2) is 7.36. The van der Waals surface area contributed by atoms with E-state index in [1.54, 1.807) is 6.26 Å². The summed E-state index contributed by atoms with van der Waals surface area (Å²) in [6.45, 7) is 0. The summed E-state index contributed by atoms with van der Waals surface area (Å²) in [5.74, 6) is 1.86. The first-order chi connectivity index (χ1) is 13.9. The number of furan rings is 1. The SMILES string of the molecule is c1ccc(CSc2nnc3c(n2)O[C@H](c2ccco2)Nc2ccccc2-3)cc1. The first kappa shape index (κ1) is 16.8. The molecule has 2 aromatic carbocycles. The van der Waals surface area contributed by atoms with E-state index in [-0.39, 0.29) is 0 Å². The molecule has 1 aliphatic heterocycles. The first-order valence-corrected chi connectivity index (χ1v) is 9.83. The van der Waals surface area contributed by atoms with Gasteiger partial charge in [0.2, 0.25) is 17.3 Å². The molecule has 7 heteroatoms. The van der Waals surface area contributed by atoms with Crippen LogP contribution in [0, 0.1) is 0 Å². The van der Waals surface area contributed by atoms with Crippen LogP contribution >= 0.6 is 11.8 Å². The Labute approximate surface area is 166 Å². The Bertz CT molecular complexity index is 1090. The van der Waals surface area contributed by atoms with Gasteiger partial charge in [-0.15, -0.1) is 10.2 Å². The highest BCUT2D eigenvalue weighted by molar-refractivity contribution is 7.98. The van der Waals surface area contributed by atoms with E-state index in [9.17, 15) is 0 Å². The van der Waals surface area contributed by atoms with Gasteiger partial charge >= 0.3 is 0 Å². The Balaban J connectivity index is 1.49. The van der Waals surface area contributed by atoms with Crippen molar-refractivity contribution in [1.29, 1.82) is 0 Å². The Hall–Kier alpha value is -3.32. The molecular weight excluding hydrogens is 372 g/mol. The molecule has 0 aliphatic carbocycles. The number of nitrogens with zero attached hydrogens (tertiary/aromatic N) is 3. The summed E-state index contributed by atoms with van der Waals surface area (Å²) >= 11 is 1.52. The highest BCUT2D eigenvalue weighted by atomic mass is 32.2. The standard InChI is InChI=1S/C21H16N4O2S/c1-2-7-14(8-3-1)13-28-21-23-20-18(24-25-21)15-9-4-5-10-16(15)22-19(27-20)17-11-6-12-26-17/h1-12,19,22H,13H2/t19-/m1/s1. The van der Waals surface area contributed by atoms with Crippen molar-refractivity contribution < 1.29 is 9.15 Å². The zero-order valence-corrected chi connectivity index (χ0v) is 15.6. The molecule has 1 atom stereocenters. The smallest absolute Gasteiger partial charge is 0.247 e. The quantitative estimate of drug-likeness (QED) is 0.497. The summed E-state index contributed by atoms with van der Waals surface area (Å²) in [5, 5.41) is 12.7. The predicted molar refractivity (Wildman–Crippen MR) is 107 cm³/mol. The normalized spacial score (nSPS) is 14.9. The molecule has 1 aliphatic rings. The first-order valence-electron chi connectivity index (χ1n) is 8.84. The second-order valence-corrected chi connectivity index (χ2v) is 7.17. The number of hydrogen-bond donors (Lipinski definition) is 1. The molecule has 0 radical (unpaired) electrons. The van der Waals surface area contributed by atoms with E-state index in [4.69, 9.17) is 9.15 Å². The molecule has 6 nitrogen and oxygen atoms in total. The Kier molecular flexibility index (Phi) is 4.42. The Morgan fingerprint density at radius 2 is 1.79 bits per heavy atom. The summed E-state index contributed by atoms with van der Waals surface area (Å²) in [6, 6.07) is 21.8. The zero-order chi connectivity index (χ0) is 18.8. The minimum atomic E-state index is -0.499. The van der Waals surface area contributed by atoms with Crippen LogP contribution in [0.15, 0.2) is 82.6 Å². The molecule has 5 rings (SSSR count). The van der Waals surface area contributed by atoms with E-state index in [0.717, 1.165) is 17.0 Å². The Morgan fingerprint density at radius 3 is 2.64 bits per heavy atom. The van der Waals surface area contributed by atoms with Crippen LogP contribution in [0.2, 0.25) is 0 Å². The summed E-state index contributed by atoms with van der Waals surface area (Å²) in [5.41, 5.74) is 3.60. The molecule has 0 saturated carbocycles. The lowest BCUT2D eigenvalue weighted by atomic mass is 10.1. The molecule has 28 heavy (non-hydrogen) atoms. The van der Waals surface area contributed by atoms with Crippen molar-refractivity contribution in [2.75, 3.05) is 5.32 Å². The summed E-state index contributed by atoms with van der Waals surface area (Å²) in [7, 11) is 0. The van der Waals surface area contributed by atoms with Crippen LogP contribution in [0.1, 0.15) is 17.6 Å². The topological polar surface area (TPSA) is 73.1 Å². The minimum Gasteiger partial charge on any atom is -0.463 e. The van der Waals surface area contributed by atoms with E-state index < -0.39 is 6.23 Å². The van der Waals surface area contributed by atoms with E-state index in [1.165, 1.54) is 17.3 Å². The van der Waals surface area contributed by atoms with Crippen molar-refractivity contribution in [1.82, 2.24) is 15.2 Å². The molecule has 1 N–H and O–H groups in total. The van der Waals surface area contributed by atoms with Gasteiger partial charge in [-0.25, -0.2) is 0 Å². The third-order valence-corrected chi connectivity index (χ3v) is 5.25. The number of aromatic nitrogens is 3. The van der Waals surface area contributed by atoms with E-state index in [2.05, 4.69) is 32.6 Å². The average molecular weight is 388 g/mol. The summed E-state index contributed by atoms with van der Waals surface area (Å²) < 4.78 is 11.7. The van der Waals surface area contributed by atoms with Crippen LogP contribution in [0.4, 0.5) is 5.69 Å². The van der Waals surface area contributed by atoms with E-state index in [0.29, 0.717) is 22.5 Å². The predicted octanol–water partition coefficient (Wildman–Crippen LogP) is 4.93. The van der Waals surface area contributed by atoms with Gasteiger partial charge in [0.15, 0.2) is 11.5 Å². The maximum absolute atomic E-state index is 6.14. The highest BCUT2D eigenvalue weighted by Gasteiger charge is 2.27. The van der Waals surface area contributed by atoms with Gasteiger partial charge in [-0.1, -0.05) is 60.3 Å². The fourth-order valence-corrected chi connectivity index (χ4v) is 3.73. The highest BCUT2D eigenvalue weighted by Crippen LogP contribution is 2.39. The van der Waals surface area contributed by atoms with Gasteiger partial charge in [0.25, 0.3) is 0 Å². The van der Waals surface area contributed by atoms with Gasteiger partial charge in [0.1, 0.15) is 0 Å². The average Bonchev–Trinajstić information content (AvgIpc) is 3.23. The third kappa shape index (κ3) is 3.32. The maximum atomic E-state index is 6.14. The number of rotatable bonds is 4. The number of para-hydroxylation sites is 1. The van der Waals surface area contributed by atoms with Gasteiger partial charge in [-0.05, 0) is 23.8 Å². The lowest BCUT2D eigenvalue weighted by Crippen LogP contribution is -2.16. The molecular formula is C21H16N4O2S. The summed E-state index contributed by atoms with van der Waals surface area (Å²) in [6.07, 6.45) is 1.12. The largest absolute Gasteiger partial charge is 0.463 e. The van der Waals surface area contributed by atoms with E-state index in [1.807, 2.05) is 54.6 Å². The van der Waals surface area contributed by atoms with E-state index >= 15 is 0 Å². The van der Waals surface area contributed by atoms with Crippen molar-refractivity contribution in [3.05, 3.63) is 84.3 Å². The zero-order valence-electron chi connectivity index (χ0n) is 14.8. The van der Waals surface area contributed by atoms with Gasteiger partial charge in [0, 0.05) is 17.0 Å². The molecule has 0 spiro atoms. The summed E-state index contributed by atoms with van der Waals surface area (Å²) in [4.78, 5) is 4.63. The van der Waals surface area contributed by atoms with Crippen molar-refractivity contribution in [3.63, 3.8) is 0 Å². The van der Waals surface area contributed by atoms with Gasteiger partial charge < -0.3 is 14.5 Å². The number of ether oxygens (including phenoxy) is 1. The monoisotopic (exact) mass is 388 g/mol. The molecule has 3 heterocycles. The van der Waals surface area contributed by atoms with Crippen molar-refractivity contribution in [2.24, 2.45) is 0 Å². The van der Waals surface area contributed by atoms with Gasteiger partial charge in [-0.2, -0.15) is 4.98 Å². The molecule has 0 amide bonds. The lowest BCUT2D eigenvalue weighted by Gasteiger charge is -2.16. The van der Waals surface area contributed by atoms with Crippen LogP contribution in [-0.2, 0) is 5.75 Å². The van der Waals surface area contributed by atoms with Crippen molar-refractivity contribution in [3.8, 4) is 17.1 Å². The second-order valence-electron chi connectivity index (χ2n) is 6.23. The van der Waals surface area contributed by atoms with Crippen molar-refractivity contribution >= 4 is 17.4 Å². The number of thioether (sulfide) groups is 1. The Morgan fingerprint density at radius 1 is 0.929 bits per heavy atom. The molecule has 0 unspecified atom stereocenters. The molecule has 2 aromatic heterocycles. The van der Waals surface area contributed by atoms with Gasteiger partial charge in [-0.3, -0.25) is 0 Å². The van der Waals surface area contributed by atoms with Crippen LogP contribution in [0.5, 0.6) is 5.88 Å².